The fourth-order valence-electron chi connectivity index (χ4n) is 1.94. The second-order valence-electron chi connectivity index (χ2n) is 5.00. The molecule has 0 saturated carbocycles. The summed E-state index contributed by atoms with van der Waals surface area (Å²) in [7, 11) is 0. The number of hydrazone groups is 1. The van der Waals surface area contributed by atoms with Crippen LogP contribution in [0.5, 0.6) is 5.75 Å². The Hall–Kier alpha value is -2.97. The van der Waals surface area contributed by atoms with E-state index >= 15 is 0 Å². The van der Waals surface area contributed by atoms with Crippen molar-refractivity contribution in [1.29, 1.82) is 0 Å². The predicted molar refractivity (Wildman–Crippen MR) is 96.8 cm³/mol. The van der Waals surface area contributed by atoms with E-state index in [0.29, 0.717) is 21.4 Å². The minimum atomic E-state index is -0.407. The second-order valence-corrected chi connectivity index (χ2v) is 5.84. The maximum atomic E-state index is 11.8. The Morgan fingerprint density at radius 3 is 2.73 bits per heavy atom. The zero-order valence-corrected chi connectivity index (χ0v) is 14.7. The van der Waals surface area contributed by atoms with Crippen LogP contribution in [0.15, 0.2) is 53.9 Å². The summed E-state index contributed by atoms with van der Waals surface area (Å²) in [4.78, 5) is 11.8. The lowest BCUT2D eigenvalue weighted by atomic mass is 10.2. The van der Waals surface area contributed by atoms with Gasteiger partial charge in [0.15, 0.2) is 6.61 Å². The smallest absolute Gasteiger partial charge is 0.277 e. The summed E-state index contributed by atoms with van der Waals surface area (Å²) in [5.74, 6) is 0.123. The highest BCUT2D eigenvalue weighted by Crippen LogP contribution is 2.19. The topological polar surface area (TPSA) is 94.3 Å². The van der Waals surface area contributed by atoms with E-state index in [-0.39, 0.29) is 6.61 Å². The first-order valence-corrected chi connectivity index (χ1v) is 8.10. The zero-order chi connectivity index (χ0) is 18.4. The Bertz CT molecular complexity index is 913. The number of hydrogen-bond acceptors (Lipinski definition) is 6. The molecule has 10 heteroatoms. The van der Waals surface area contributed by atoms with Crippen molar-refractivity contribution in [2.45, 2.75) is 0 Å². The van der Waals surface area contributed by atoms with Gasteiger partial charge in [-0.3, -0.25) is 4.79 Å². The molecule has 0 radical (unpaired) electrons. The second kappa shape index (κ2) is 8.41. The van der Waals surface area contributed by atoms with Gasteiger partial charge < -0.3 is 4.74 Å². The van der Waals surface area contributed by atoms with Crippen molar-refractivity contribution in [1.82, 2.24) is 25.6 Å². The summed E-state index contributed by atoms with van der Waals surface area (Å²) in [5, 5.41) is 15.7. The molecule has 0 saturated heterocycles. The molecule has 1 heterocycles. The molecule has 0 aliphatic carbocycles. The van der Waals surface area contributed by atoms with E-state index in [1.807, 2.05) is 0 Å². The molecule has 0 aliphatic heterocycles. The Morgan fingerprint density at radius 1 is 1.23 bits per heavy atom. The maximum Gasteiger partial charge on any atom is 0.277 e. The third-order valence-electron chi connectivity index (χ3n) is 3.18. The van der Waals surface area contributed by atoms with Gasteiger partial charge in [-0.2, -0.15) is 5.10 Å². The van der Waals surface area contributed by atoms with Gasteiger partial charge in [0, 0.05) is 10.6 Å². The highest BCUT2D eigenvalue weighted by atomic mass is 35.5. The Morgan fingerprint density at radius 2 is 2.04 bits per heavy atom. The first-order valence-electron chi connectivity index (χ1n) is 7.35. The number of rotatable bonds is 6. The van der Waals surface area contributed by atoms with Crippen LogP contribution in [-0.2, 0) is 4.79 Å². The van der Waals surface area contributed by atoms with Gasteiger partial charge in [-0.1, -0.05) is 29.3 Å². The summed E-state index contributed by atoms with van der Waals surface area (Å²) in [6.45, 7) is -0.185. The van der Waals surface area contributed by atoms with Crippen LogP contribution in [-0.4, -0.2) is 38.9 Å². The predicted octanol–water partition coefficient (Wildman–Crippen LogP) is 2.50. The van der Waals surface area contributed by atoms with E-state index in [1.54, 1.807) is 42.5 Å². The van der Waals surface area contributed by atoms with Crippen LogP contribution >= 0.6 is 23.2 Å². The van der Waals surface area contributed by atoms with Crippen molar-refractivity contribution in [2.75, 3.05) is 6.61 Å². The number of hydrogen-bond donors (Lipinski definition) is 1. The van der Waals surface area contributed by atoms with Crippen molar-refractivity contribution in [3.63, 3.8) is 0 Å². The van der Waals surface area contributed by atoms with Crippen molar-refractivity contribution >= 4 is 35.3 Å². The summed E-state index contributed by atoms with van der Waals surface area (Å²) < 4.78 is 6.90. The van der Waals surface area contributed by atoms with Crippen LogP contribution in [0.2, 0.25) is 10.0 Å². The van der Waals surface area contributed by atoms with Crippen LogP contribution in [0.25, 0.3) is 5.69 Å². The Balaban J connectivity index is 1.48. The van der Waals surface area contributed by atoms with E-state index in [4.69, 9.17) is 27.9 Å². The number of halogens is 2. The first-order chi connectivity index (χ1) is 12.6. The number of ether oxygens (including phenoxy) is 1. The fraction of sp³-hybridized carbons (Fsp3) is 0.0625. The average molecular weight is 391 g/mol. The van der Waals surface area contributed by atoms with Crippen LogP contribution in [0.4, 0.5) is 0 Å². The number of amides is 1. The molecule has 0 fully saturated rings. The van der Waals surface area contributed by atoms with Gasteiger partial charge in [0.25, 0.3) is 5.91 Å². The van der Waals surface area contributed by atoms with E-state index in [2.05, 4.69) is 26.1 Å². The first kappa shape index (κ1) is 17.8. The molecule has 0 unspecified atom stereocenters. The number of nitrogens with zero attached hydrogens (tertiary/aromatic N) is 5. The molecule has 1 N–H and O–H groups in total. The van der Waals surface area contributed by atoms with Crippen molar-refractivity contribution in [3.8, 4) is 11.4 Å². The zero-order valence-electron chi connectivity index (χ0n) is 13.2. The van der Waals surface area contributed by atoms with E-state index < -0.39 is 5.91 Å². The van der Waals surface area contributed by atoms with Gasteiger partial charge in [-0.25, -0.2) is 10.1 Å². The SMILES string of the molecule is O=C(COc1ccc(-n2cnnn2)cc1)N/N=C/c1ccc(Cl)cc1Cl. The lowest BCUT2D eigenvalue weighted by Gasteiger charge is -2.06. The van der Waals surface area contributed by atoms with Crippen molar-refractivity contribution in [2.24, 2.45) is 5.10 Å². The molecular weight excluding hydrogens is 379 g/mol. The molecule has 0 spiro atoms. The number of nitrogens with one attached hydrogen (secondary N) is 1. The molecule has 0 aliphatic rings. The standard InChI is InChI=1S/C16H12Cl2N6O2/c17-12-2-1-11(15(18)7-12)8-19-21-16(25)9-26-14-5-3-13(4-6-14)24-10-20-22-23-24/h1-8,10H,9H2,(H,21,25)/b19-8+. The number of aromatic nitrogens is 4. The molecule has 26 heavy (non-hydrogen) atoms. The minimum Gasteiger partial charge on any atom is -0.484 e. The van der Waals surface area contributed by atoms with Gasteiger partial charge in [0.2, 0.25) is 0 Å². The highest BCUT2D eigenvalue weighted by molar-refractivity contribution is 6.36. The Kier molecular flexibility index (Phi) is 5.77. The van der Waals surface area contributed by atoms with Crippen molar-refractivity contribution < 1.29 is 9.53 Å². The molecule has 0 atom stereocenters. The van der Waals surface area contributed by atoms with E-state index in [9.17, 15) is 4.79 Å². The van der Waals surface area contributed by atoms with Gasteiger partial charge in [0.05, 0.1) is 16.9 Å². The van der Waals surface area contributed by atoms with Crippen molar-refractivity contribution in [3.05, 3.63) is 64.4 Å². The molecule has 0 bridgehead atoms. The molecule has 8 nitrogen and oxygen atoms in total. The molecular formula is C16H12Cl2N6O2. The van der Waals surface area contributed by atoms with Gasteiger partial charge in [-0.05, 0) is 46.8 Å². The van der Waals surface area contributed by atoms with Crippen LogP contribution in [0.3, 0.4) is 0 Å². The monoisotopic (exact) mass is 390 g/mol. The number of carbonyl (C=O) groups excluding carboxylic acids is 1. The number of benzene rings is 2. The minimum absolute atomic E-state index is 0.185. The van der Waals surface area contributed by atoms with Gasteiger partial charge >= 0.3 is 0 Å². The number of carbonyl (C=O) groups is 1. The molecule has 3 rings (SSSR count). The Labute approximate surface area is 158 Å². The van der Waals surface area contributed by atoms with E-state index in [1.165, 1.54) is 17.2 Å². The lowest BCUT2D eigenvalue weighted by molar-refractivity contribution is -0.123. The average Bonchev–Trinajstić information content (AvgIpc) is 3.17. The molecule has 3 aromatic rings. The fourth-order valence-corrected chi connectivity index (χ4v) is 2.39. The third kappa shape index (κ3) is 4.78. The summed E-state index contributed by atoms with van der Waals surface area (Å²) in [6.07, 6.45) is 2.91. The highest BCUT2D eigenvalue weighted by Gasteiger charge is 2.03. The molecule has 132 valence electrons. The maximum absolute atomic E-state index is 11.8. The molecule has 1 amide bonds. The summed E-state index contributed by atoms with van der Waals surface area (Å²) in [6, 6.07) is 11.9. The molecule has 2 aromatic carbocycles. The largest absolute Gasteiger partial charge is 0.484 e. The summed E-state index contributed by atoms with van der Waals surface area (Å²) in [5.41, 5.74) is 3.77. The molecule has 1 aromatic heterocycles. The summed E-state index contributed by atoms with van der Waals surface area (Å²) >= 11 is 11.8. The van der Waals surface area contributed by atoms with Crippen LogP contribution in [0, 0.1) is 0 Å². The van der Waals surface area contributed by atoms with Gasteiger partial charge in [0.1, 0.15) is 12.1 Å². The normalized spacial score (nSPS) is 10.8. The number of tetrazole rings is 1. The van der Waals surface area contributed by atoms with E-state index in [0.717, 1.165) is 5.69 Å². The lowest BCUT2D eigenvalue weighted by Crippen LogP contribution is -2.24. The van der Waals surface area contributed by atoms with Crippen LogP contribution < -0.4 is 10.2 Å². The quantitative estimate of drug-likeness (QED) is 0.515. The van der Waals surface area contributed by atoms with Gasteiger partial charge in [-0.15, -0.1) is 5.10 Å². The third-order valence-corrected chi connectivity index (χ3v) is 3.74. The van der Waals surface area contributed by atoms with Crippen LogP contribution in [0.1, 0.15) is 5.56 Å².